The summed E-state index contributed by atoms with van der Waals surface area (Å²) in [5.41, 5.74) is 7.99. The number of benzene rings is 2. The summed E-state index contributed by atoms with van der Waals surface area (Å²) in [7, 11) is 0. The number of hydrogen-bond acceptors (Lipinski definition) is 2. The van der Waals surface area contributed by atoms with Crippen LogP contribution in [0.25, 0.3) is 0 Å². The molecule has 0 radical (unpaired) electrons. The molecule has 0 saturated carbocycles. The highest BCUT2D eigenvalue weighted by atomic mass is 16.4. The SMILES string of the molecule is Cc1ccccc1CNCc1c(C(=O)O)c(C)n(Cc2ccccc2C)c1C. The smallest absolute Gasteiger partial charge is 0.337 e. The van der Waals surface area contributed by atoms with Crippen LogP contribution in [0, 0.1) is 27.7 Å². The first-order valence-corrected chi connectivity index (χ1v) is 9.61. The minimum Gasteiger partial charge on any atom is -0.478 e. The number of carbonyl (C=O) groups is 1. The molecular weight excluding hydrogens is 348 g/mol. The Morgan fingerprint density at radius 1 is 0.857 bits per heavy atom. The third-order valence-corrected chi connectivity index (χ3v) is 5.59. The standard InChI is InChI=1S/C24H28N2O2/c1-16-9-5-7-11-20(16)13-25-14-22-18(3)26(19(4)23(22)24(27)28)15-21-12-8-6-10-17(21)2/h5-12,25H,13-15H2,1-4H3,(H,27,28). The Bertz CT molecular complexity index is 1000. The largest absolute Gasteiger partial charge is 0.478 e. The van der Waals surface area contributed by atoms with E-state index >= 15 is 0 Å². The fourth-order valence-corrected chi connectivity index (χ4v) is 3.77. The molecule has 3 rings (SSSR count). The van der Waals surface area contributed by atoms with Gasteiger partial charge >= 0.3 is 5.97 Å². The maximum Gasteiger partial charge on any atom is 0.337 e. The molecule has 4 nitrogen and oxygen atoms in total. The van der Waals surface area contributed by atoms with Crippen molar-refractivity contribution in [1.82, 2.24) is 9.88 Å². The van der Waals surface area contributed by atoms with Crippen molar-refractivity contribution in [3.05, 3.63) is 93.3 Å². The molecule has 0 aliphatic rings. The predicted octanol–water partition coefficient (Wildman–Crippen LogP) is 4.76. The lowest BCUT2D eigenvalue weighted by atomic mass is 10.1. The zero-order valence-corrected chi connectivity index (χ0v) is 17.0. The number of nitrogens with zero attached hydrogens (tertiary/aromatic N) is 1. The van der Waals surface area contributed by atoms with Crippen LogP contribution in [0.3, 0.4) is 0 Å². The molecule has 0 fully saturated rings. The van der Waals surface area contributed by atoms with Gasteiger partial charge in [-0.15, -0.1) is 0 Å². The van der Waals surface area contributed by atoms with Gasteiger partial charge in [0.15, 0.2) is 0 Å². The maximum atomic E-state index is 12.0. The van der Waals surface area contributed by atoms with Crippen LogP contribution in [0.15, 0.2) is 48.5 Å². The molecule has 28 heavy (non-hydrogen) atoms. The number of aromatic nitrogens is 1. The van der Waals surface area contributed by atoms with Crippen molar-refractivity contribution in [1.29, 1.82) is 0 Å². The Morgan fingerprint density at radius 2 is 1.43 bits per heavy atom. The maximum absolute atomic E-state index is 12.0. The number of rotatable bonds is 7. The van der Waals surface area contributed by atoms with Gasteiger partial charge in [0, 0.05) is 36.6 Å². The topological polar surface area (TPSA) is 54.3 Å². The van der Waals surface area contributed by atoms with E-state index in [0.29, 0.717) is 25.2 Å². The Morgan fingerprint density at radius 3 is 2.00 bits per heavy atom. The van der Waals surface area contributed by atoms with E-state index in [0.717, 1.165) is 17.0 Å². The molecule has 1 heterocycles. The molecule has 0 aliphatic heterocycles. The van der Waals surface area contributed by atoms with E-state index in [-0.39, 0.29) is 0 Å². The molecule has 0 saturated heterocycles. The second-order valence-electron chi connectivity index (χ2n) is 7.37. The van der Waals surface area contributed by atoms with Crippen LogP contribution in [-0.2, 0) is 19.6 Å². The molecule has 0 unspecified atom stereocenters. The van der Waals surface area contributed by atoms with Gasteiger partial charge in [-0.1, -0.05) is 48.5 Å². The average molecular weight is 377 g/mol. The van der Waals surface area contributed by atoms with Gasteiger partial charge in [0.1, 0.15) is 0 Å². The lowest BCUT2D eigenvalue weighted by molar-refractivity contribution is 0.0694. The number of aromatic carboxylic acids is 1. The van der Waals surface area contributed by atoms with Crippen molar-refractivity contribution in [2.75, 3.05) is 0 Å². The van der Waals surface area contributed by atoms with E-state index in [1.165, 1.54) is 22.3 Å². The third-order valence-electron chi connectivity index (χ3n) is 5.59. The molecule has 0 amide bonds. The summed E-state index contributed by atoms with van der Waals surface area (Å²) in [6, 6.07) is 16.5. The van der Waals surface area contributed by atoms with E-state index in [2.05, 4.69) is 48.0 Å². The summed E-state index contributed by atoms with van der Waals surface area (Å²) >= 11 is 0. The van der Waals surface area contributed by atoms with Gasteiger partial charge in [-0.05, 0) is 49.9 Å². The summed E-state index contributed by atoms with van der Waals surface area (Å²) in [5, 5.41) is 13.3. The van der Waals surface area contributed by atoms with Gasteiger partial charge in [0.05, 0.1) is 5.56 Å². The van der Waals surface area contributed by atoms with Crippen LogP contribution in [0.1, 0.15) is 49.6 Å². The minimum atomic E-state index is -0.864. The minimum absolute atomic E-state index is 0.420. The molecule has 0 atom stereocenters. The highest BCUT2D eigenvalue weighted by molar-refractivity contribution is 5.91. The summed E-state index contributed by atoms with van der Waals surface area (Å²) in [4.78, 5) is 12.0. The molecular formula is C24H28N2O2. The van der Waals surface area contributed by atoms with Crippen molar-refractivity contribution in [2.45, 2.75) is 47.3 Å². The summed E-state index contributed by atoms with van der Waals surface area (Å²) in [5.74, 6) is -0.864. The lowest BCUT2D eigenvalue weighted by Crippen LogP contribution is -2.16. The van der Waals surface area contributed by atoms with Crippen LogP contribution >= 0.6 is 0 Å². The van der Waals surface area contributed by atoms with Crippen molar-refractivity contribution in [3.63, 3.8) is 0 Å². The quantitative estimate of drug-likeness (QED) is 0.625. The molecule has 0 aliphatic carbocycles. The normalized spacial score (nSPS) is 11.0. The molecule has 1 aromatic heterocycles. The van der Waals surface area contributed by atoms with Crippen LogP contribution < -0.4 is 5.32 Å². The number of hydrogen-bond donors (Lipinski definition) is 2. The number of carboxylic acid groups (broad SMARTS) is 1. The fourth-order valence-electron chi connectivity index (χ4n) is 3.77. The second-order valence-corrected chi connectivity index (χ2v) is 7.37. The zero-order valence-electron chi connectivity index (χ0n) is 17.0. The van der Waals surface area contributed by atoms with E-state index in [1.54, 1.807) is 0 Å². The van der Waals surface area contributed by atoms with Crippen molar-refractivity contribution in [2.24, 2.45) is 0 Å². The number of aryl methyl sites for hydroxylation is 2. The highest BCUT2D eigenvalue weighted by Crippen LogP contribution is 2.25. The first-order chi connectivity index (χ1) is 13.4. The Kier molecular flexibility index (Phi) is 6.00. The number of carboxylic acids is 1. The van der Waals surface area contributed by atoms with Gasteiger partial charge in [0.25, 0.3) is 0 Å². The first-order valence-electron chi connectivity index (χ1n) is 9.61. The van der Waals surface area contributed by atoms with Crippen LogP contribution in [0.4, 0.5) is 0 Å². The van der Waals surface area contributed by atoms with E-state index in [1.807, 2.05) is 38.1 Å². The van der Waals surface area contributed by atoms with E-state index in [9.17, 15) is 9.90 Å². The van der Waals surface area contributed by atoms with E-state index in [4.69, 9.17) is 0 Å². The summed E-state index contributed by atoms with van der Waals surface area (Å²) in [6.45, 7) is 10.0. The molecule has 0 bridgehead atoms. The predicted molar refractivity (Wildman–Crippen MR) is 113 cm³/mol. The first kappa shape index (κ1) is 19.9. The Hall–Kier alpha value is -2.85. The average Bonchev–Trinajstić information content (AvgIpc) is 2.89. The molecule has 0 spiro atoms. The van der Waals surface area contributed by atoms with Crippen LogP contribution in [0.5, 0.6) is 0 Å². The monoisotopic (exact) mass is 376 g/mol. The van der Waals surface area contributed by atoms with E-state index < -0.39 is 5.97 Å². The molecule has 146 valence electrons. The van der Waals surface area contributed by atoms with Crippen molar-refractivity contribution < 1.29 is 9.90 Å². The van der Waals surface area contributed by atoms with Crippen molar-refractivity contribution >= 4 is 5.97 Å². The highest BCUT2D eigenvalue weighted by Gasteiger charge is 2.22. The zero-order chi connectivity index (χ0) is 20.3. The van der Waals surface area contributed by atoms with Gasteiger partial charge in [-0.25, -0.2) is 4.79 Å². The van der Waals surface area contributed by atoms with Gasteiger partial charge in [0.2, 0.25) is 0 Å². The molecule has 2 N–H and O–H groups in total. The molecule has 2 aromatic carbocycles. The molecule has 4 heteroatoms. The lowest BCUT2D eigenvalue weighted by Gasteiger charge is -2.12. The second kappa shape index (κ2) is 8.44. The Labute approximate surface area is 166 Å². The van der Waals surface area contributed by atoms with Gasteiger partial charge in [-0.3, -0.25) is 0 Å². The fraction of sp³-hybridized carbons (Fsp3) is 0.292. The Balaban J connectivity index is 1.87. The van der Waals surface area contributed by atoms with Gasteiger partial charge in [-0.2, -0.15) is 0 Å². The summed E-state index contributed by atoms with van der Waals surface area (Å²) < 4.78 is 2.12. The van der Waals surface area contributed by atoms with Gasteiger partial charge < -0.3 is 15.0 Å². The summed E-state index contributed by atoms with van der Waals surface area (Å²) in [6.07, 6.45) is 0. The number of nitrogens with one attached hydrogen (secondary N) is 1. The third kappa shape index (κ3) is 4.02. The molecule has 3 aromatic rings. The van der Waals surface area contributed by atoms with Crippen LogP contribution in [0.2, 0.25) is 0 Å². The van der Waals surface area contributed by atoms with Crippen molar-refractivity contribution in [3.8, 4) is 0 Å². The van der Waals surface area contributed by atoms with Crippen LogP contribution in [-0.4, -0.2) is 15.6 Å².